The minimum atomic E-state index is -3.43. The predicted molar refractivity (Wildman–Crippen MR) is 105 cm³/mol. The number of fused-ring (bicyclic) bond motifs is 1. The molecule has 0 aliphatic carbocycles. The van der Waals surface area contributed by atoms with Crippen molar-refractivity contribution < 1.29 is 13.2 Å². The van der Waals surface area contributed by atoms with Crippen LogP contribution in [0.15, 0.2) is 53.4 Å². The van der Waals surface area contributed by atoms with Crippen molar-refractivity contribution in [3.05, 3.63) is 59.7 Å². The fourth-order valence-corrected chi connectivity index (χ4v) is 5.30. The number of hydrogen-bond donors (Lipinski definition) is 0. The van der Waals surface area contributed by atoms with E-state index in [2.05, 4.69) is 29.2 Å². The molecule has 0 radical (unpaired) electrons. The normalized spacial score (nSPS) is 18.9. The van der Waals surface area contributed by atoms with Crippen LogP contribution in [0, 0.1) is 0 Å². The van der Waals surface area contributed by atoms with E-state index in [1.807, 2.05) is 13.8 Å². The van der Waals surface area contributed by atoms with Crippen LogP contribution in [0.2, 0.25) is 0 Å². The molecule has 2 aromatic rings. The summed E-state index contributed by atoms with van der Waals surface area (Å²) in [5.74, 6) is 0.692. The lowest BCUT2D eigenvalue weighted by Crippen LogP contribution is -2.61. The van der Waals surface area contributed by atoms with Gasteiger partial charge in [0.1, 0.15) is 5.75 Å². The average Bonchev–Trinajstić information content (AvgIpc) is 2.60. The summed E-state index contributed by atoms with van der Waals surface area (Å²) in [6.07, 6.45) is 1.11. The van der Waals surface area contributed by atoms with Crippen molar-refractivity contribution >= 4 is 10.0 Å². The molecule has 0 aromatic heterocycles. The Balaban J connectivity index is 1.38. The van der Waals surface area contributed by atoms with E-state index in [4.69, 9.17) is 4.74 Å². The molecule has 2 heterocycles. The standard InChI is InChI=1S/C21H26N2O3S/c1-16(2)26-20-7-9-21(10-8-20)27(24,25)23-14-19(15-23)22-12-11-17-5-3-4-6-18(17)13-22/h3-10,16,19H,11-15H2,1-2H3. The lowest BCUT2D eigenvalue weighted by Gasteiger charge is -2.46. The van der Waals surface area contributed by atoms with Gasteiger partial charge in [0, 0.05) is 32.2 Å². The maximum Gasteiger partial charge on any atom is 0.243 e. The number of rotatable bonds is 5. The van der Waals surface area contributed by atoms with Gasteiger partial charge in [-0.2, -0.15) is 4.31 Å². The second-order valence-corrected chi connectivity index (χ2v) is 9.54. The Labute approximate surface area is 161 Å². The Morgan fingerprint density at radius 2 is 1.67 bits per heavy atom. The summed E-state index contributed by atoms with van der Waals surface area (Å²) in [5.41, 5.74) is 2.78. The third-order valence-corrected chi connectivity index (χ3v) is 7.18. The summed E-state index contributed by atoms with van der Waals surface area (Å²) in [5, 5.41) is 0. The minimum absolute atomic E-state index is 0.0678. The van der Waals surface area contributed by atoms with Crippen LogP contribution < -0.4 is 4.74 Å². The van der Waals surface area contributed by atoms with E-state index in [1.165, 1.54) is 11.1 Å². The van der Waals surface area contributed by atoms with Gasteiger partial charge in [-0.1, -0.05) is 24.3 Å². The lowest BCUT2D eigenvalue weighted by atomic mass is 9.97. The van der Waals surface area contributed by atoms with Crippen molar-refractivity contribution in [1.29, 1.82) is 0 Å². The summed E-state index contributed by atoms with van der Waals surface area (Å²) >= 11 is 0. The summed E-state index contributed by atoms with van der Waals surface area (Å²) in [7, 11) is -3.43. The molecule has 0 amide bonds. The van der Waals surface area contributed by atoms with Crippen LogP contribution in [0.3, 0.4) is 0 Å². The highest BCUT2D eigenvalue weighted by Gasteiger charge is 2.40. The van der Waals surface area contributed by atoms with Crippen LogP contribution in [0.5, 0.6) is 5.75 Å². The van der Waals surface area contributed by atoms with Gasteiger partial charge >= 0.3 is 0 Å². The highest BCUT2D eigenvalue weighted by atomic mass is 32.2. The molecular weight excluding hydrogens is 360 g/mol. The van der Waals surface area contributed by atoms with Crippen molar-refractivity contribution in [2.75, 3.05) is 19.6 Å². The summed E-state index contributed by atoms with van der Waals surface area (Å²) < 4.78 is 32.9. The Hall–Kier alpha value is -1.89. The van der Waals surface area contributed by atoms with E-state index < -0.39 is 10.0 Å². The van der Waals surface area contributed by atoms with Crippen molar-refractivity contribution in [1.82, 2.24) is 9.21 Å². The summed E-state index contributed by atoms with van der Waals surface area (Å²) in [4.78, 5) is 2.74. The van der Waals surface area contributed by atoms with E-state index in [-0.39, 0.29) is 6.10 Å². The van der Waals surface area contributed by atoms with Gasteiger partial charge in [0.15, 0.2) is 0 Å². The number of sulfonamides is 1. The Morgan fingerprint density at radius 1 is 1.00 bits per heavy atom. The third-order valence-electron chi connectivity index (χ3n) is 5.34. The summed E-state index contributed by atoms with van der Waals surface area (Å²) in [6.45, 7) is 6.93. The molecule has 0 N–H and O–H groups in total. The van der Waals surface area contributed by atoms with E-state index >= 15 is 0 Å². The third kappa shape index (κ3) is 3.74. The zero-order valence-corrected chi connectivity index (χ0v) is 16.7. The molecule has 0 saturated carbocycles. The van der Waals surface area contributed by atoms with Gasteiger partial charge < -0.3 is 4.74 Å². The van der Waals surface area contributed by atoms with Gasteiger partial charge in [0.2, 0.25) is 10.0 Å². The van der Waals surface area contributed by atoms with Crippen molar-refractivity contribution in [2.24, 2.45) is 0 Å². The second kappa shape index (κ2) is 7.26. The van der Waals surface area contributed by atoms with E-state index in [0.29, 0.717) is 29.8 Å². The predicted octanol–water partition coefficient (Wildman–Crippen LogP) is 2.91. The smallest absolute Gasteiger partial charge is 0.243 e. The number of ether oxygens (including phenoxy) is 1. The highest BCUT2D eigenvalue weighted by molar-refractivity contribution is 7.89. The van der Waals surface area contributed by atoms with Gasteiger partial charge in [-0.15, -0.1) is 0 Å². The molecule has 2 aliphatic rings. The number of benzene rings is 2. The van der Waals surface area contributed by atoms with Crippen LogP contribution in [0.25, 0.3) is 0 Å². The second-order valence-electron chi connectivity index (χ2n) is 7.60. The van der Waals surface area contributed by atoms with Crippen molar-refractivity contribution in [3.8, 4) is 5.75 Å². The molecule has 0 unspecified atom stereocenters. The number of hydrogen-bond acceptors (Lipinski definition) is 4. The van der Waals surface area contributed by atoms with Crippen molar-refractivity contribution in [3.63, 3.8) is 0 Å². The largest absolute Gasteiger partial charge is 0.491 e. The fourth-order valence-electron chi connectivity index (χ4n) is 3.78. The molecule has 4 rings (SSSR count). The molecule has 2 aliphatic heterocycles. The average molecular weight is 387 g/mol. The summed E-state index contributed by atoms with van der Waals surface area (Å²) in [6, 6.07) is 15.6. The first-order valence-corrected chi connectivity index (χ1v) is 11.0. The molecule has 1 fully saturated rings. The molecule has 27 heavy (non-hydrogen) atoms. The van der Waals surface area contributed by atoms with Gasteiger partial charge in [0.05, 0.1) is 11.0 Å². The topological polar surface area (TPSA) is 49.9 Å². The minimum Gasteiger partial charge on any atom is -0.491 e. The Bertz CT molecular complexity index is 903. The fraction of sp³-hybridized carbons (Fsp3) is 0.429. The van der Waals surface area contributed by atoms with E-state index in [0.717, 1.165) is 19.5 Å². The van der Waals surface area contributed by atoms with Crippen LogP contribution in [-0.2, 0) is 23.0 Å². The molecule has 0 spiro atoms. The monoisotopic (exact) mass is 386 g/mol. The van der Waals surface area contributed by atoms with E-state index in [9.17, 15) is 8.42 Å². The maximum atomic E-state index is 12.8. The van der Waals surface area contributed by atoms with Gasteiger partial charge in [-0.05, 0) is 55.7 Å². The molecule has 1 saturated heterocycles. The highest BCUT2D eigenvalue weighted by Crippen LogP contribution is 2.29. The SMILES string of the molecule is CC(C)Oc1ccc(S(=O)(=O)N2CC(N3CCc4ccccc4C3)C2)cc1. The zero-order chi connectivity index (χ0) is 19.0. The van der Waals surface area contributed by atoms with Gasteiger partial charge in [-0.25, -0.2) is 8.42 Å². The molecule has 2 aromatic carbocycles. The lowest BCUT2D eigenvalue weighted by molar-refractivity contribution is 0.0769. The van der Waals surface area contributed by atoms with Crippen LogP contribution in [0.4, 0.5) is 0 Å². The van der Waals surface area contributed by atoms with Gasteiger partial charge in [-0.3, -0.25) is 4.90 Å². The quantitative estimate of drug-likeness (QED) is 0.793. The molecule has 144 valence electrons. The van der Waals surface area contributed by atoms with Gasteiger partial charge in [0.25, 0.3) is 0 Å². The molecule has 6 heteroatoms. The Kier molecular flexibility index (Phi) is 4.97. The Morgan fingerprint density at radius 3 is 2.33 bits per heavy atom. The molecule has 0 bridgehead atoms. The molecular formula is C21H26N2O3S. The molecule has 5 nitrogen and oxygen atoms in total. The first-order valence-electron chi connectivity index (χ1n) is 9.51. The van der Waals surface area contributed by atoms with Crippen LogP contribution in [-0.4, -0.2) is 49.4 Å². The zero-order valence-electron chi connectivity index (χ0n) is 15.8. The first kappa shape index (κ1) is 18.5. The van der Waals surface area contributed by atoms with Crippen molar-refractivity contribution in [2.45, 2.75) is 43.9 Å². The number of nitrogens with zero attached hydrogens (tertiary/aromatic N) is 2. The molecule has 0 atom stereocenters. The first-order chi connectivity index (χ1) is 12.9. The maximum absolute atomic E-state index is 12.8. The van der Waals surface area contributed by atoms with E-state index in [1.54, 1.807) is 28.6 Å². The van der Waals surface area contributed by atoms with Crippen LogP contribution >= 0.6 is 0 Å². The van der Waals surface area contributed by atoms with Crippen LogP contribution in [0.1, 0.15) is 25.0 Å².